The quantitative estimate of drug-likeness (QED) is 0.320. The van der Waals surface area contributed by atoms with Gasteiger partial charge in [0, 0.05) is 18.9 Å². The fraction of sp³-hybridized carbons (Fsp3) is 0.348. The van der Waals surface area contributed by atoms with Crippen LogP contribution in [0.1, 0.15) is 43.0 Å². The Morgan fingerprint density at radius 2 is 1.38 bits per heavy atom. The van der Waals surface area contributed by atoms with Gasteiger partial charge in [-0.15, -0.1) is 0 Å². The van der Waals surface area contributed by atoms with Crippen molar-refractivity contribution in [2.75, 3.05) is 20.3 Å². The second-order valence-corrected chi connectivity index (χ2v) is 6.50. The molecule has 0 radical (unpaired) electrons. The lowest BCUT2D eigenvalue weighted by molar-refractivity contribution is -0.141. The van der Waals surface area contributed by atoms with Gasteiger partial charge in [0.15, 0.2) is 5.78 Å². The Bertz CT molecular complexity index is 808. The number of benzene rings is 2. The van der Waals surface area contributed by atoms with Crippen LogP contribution in [0, 0.1) is 0 Å². The largest absolute Gasteiger partial charge is 0.494 e. The van der Waals surface area contributed by atoms with E-state index in [-0.39, 0.29) is 30.6 Å². The number of hydrogen-bond donors (Lipinski definition) is 0. The minimum absolute atomic E-state index is 0.0839. The van der Waals surface area contributed by atoms with Gasteiger partial charge in [-0.05, 0) is 36.1 Å². The Labute approximate surface area is 170 Å². The molecule has 0 spiro atoms. The van der Waals surface area contributed by atoms with Crippen LogP contribution in [-0.2, 0) is 19.1 Å². The molecule has 0 unspecified atom stereocenters. The molecule has 0 atom stereocenters. The Morgan fingerprint density at radius 1 is 0.793 bits per heavy atom. The number of rotatable bonds is 11. The second-order valence-electron chi connectivity index (χ2n) is 6.50. The van der Waals surface area contributed by atoms with Crippen molar-refractivity contribution in [3.8, 4) is 16.9 Å². The molecule has 6 nitrogen and oxygen atoms in total. The van der Waals surface area contributed by atoms with Gasteiger partial charge in [0.05, 0.1) is 26.7 Å². The number of ketones is 1. The molecule has 0 fully saturated rings. The minimum atomic E-state index is -0.387. The Balaban J connectivity index is 1.82. The van der Waals surface area contributed by atoms with E-state index >= 15 is 0 Å². The summed E-state index contributed by atoms with van der Waals surface area (Å²) in [5.74, 6) is 0.0389. The topological polar surface area (TPSA) is 78.9 Å². The van der Waals surface area contributed by atoms with E-state index in [1.807, 2.05) is 36.4 Å². The van der Waals surface area contributed by atoms with Crippen LogP contribution in [-0.4, -0.2) is 38.0 Å². The summed E-state index contributed by atoms with van der Waals surface area (Å²) in [6.45, 7) is 2.37. The van der Waals surface area contributed by atoms with Gasteiger partial charge in [0.1, 0.15) is 5.75 Å². The molecule has 154 valence electrons. The highest BCUT2D eigenvalue weighted by atomic mass is 16.5. The predicted molar refractivity (Wildman–Crippen MR) is 109 cm³/mol. The zero-order valence-electron chi connectivity index (χ0n) is 16.8. The molecular formula is C23H26O6. The van der Waals surface area contributed by atoms with Crippen molar-refractivity contribution in [3.05, 3.63) is 54.1 Å². The van der Waals surface area contributed by atoms with Crippen molar-refractivity contribution < 1.29 is 28.6 Å². The van der Waals surface area contributed by atoms with Gasteiger partial charge in [-0.3, -0.25) is 14.4 Å². The van der Waals surface area contributed by atoms with E-state index in [1.165, 1.54) is 14.0 Å². The molecule has 29 heavy (non-hydrogen) atoms. The van der Waals surface area contributed by atoms with Crippen molar-refractivity contribution in [2.24, 2.45) is 0 Å². The molecule has 0 bridgehead atoms. The monoisotopic (exact) mass is 398 g/mol. The first kappa shape index (κ1) is 22.1. The van der Waals surface area contributed by atoms with Crippen LogP contribution in [0.2, 0.25) is 0 Å². The lowest BCUT2D eigenvalue weighted by Crippen LogP contribution is -2.05. The molecule has 0 N–H and O–H groups in total. The Kier molecular flexibility index (Phi) is 8.89. The number of ether oxygens (including phenoxy) is 3. The first-order chi connectivity index (χ1) is 14.0. The highest BCUT2D eigenvalue weighted by Crippen LogP contribution is 2.23. The smallest absolute Gasteiger partial charge is 0.305 e. The first-order valence-electron chi connectivity index (χ1n) is 9.56. The highest BCUT2D eigenvalue weighted by Gasteiger charge is 2.09. The van der Waals surface area contributed by atoms with Crippen LogP contribution in [0.3, 0.4) is 0 Å². The molecule has 0 heterocycles. The van der Waals surface area contributed by atoms with E-state index in [1.54, 1.807) is 12.1 Å². The van der Waals surface area contributed by atoms with Gasteiger partial charge in [0.2, 0.25) is 0 Å². The predicted octanol–water partition coefficient (Wildman–Crippen LogP) is 4.21. The van der Waals surface area contributed by atoms with Crippen LogP contribution in [0.25, 0.3) is 11.1 Å². The number of carbonyl (C=O) groups excluding carboxylic acids is 3. The normalized spacial score (nSPS) is 10.3. The SMILES string of the molecule is COC(=O)CCC(=O)c1ccc(-c2ccc(OCCCCOC(C)=O)cc2)cc1. The van der Waals surface area contributed by atoms with Crippen molar-refractivity contribution in [1.29, 1.82) is 0 Å². The van der Waals surface area contributed by atoms with Crippen LogP contribution in [0.5, 0.6) is 5.75 Å². The zero-order valence-corrected chi connectivity index (χ0v) is 16.8. The maximum absolute atomic E-state index is 12.1. The third-order valence-electron chi connectivity index (χ3n) is 4.29. The number of carbonyl (C=O) groups is 3. The Hall–Kier alpha value is -3.15. The van der Waals surface area contributed by atoms with Gasteiger partial charge < -0.3 is 14.2 Å². The molecule has 0 saturated heterocycles. The molecule has 0 saturated carbocycles. The van der Waals surface area contributed by atoms with Crippen LogP contribution < -0.4 is 4.74 Å². The van der Waals surface area contributed by atoms with Gasteiger partial charge in [-0.1, -0.05) is 36.4 Å². The van der Waals surface area contributed by atoms with E-state index in [0.29, 0.717) is 18.8 Å². The molecule has 0 aliphatic carbocycles. The van der Waals surface area contributed by atoms with Crippen molar-refractivity contribution in [2.45, 2.75) is 32.6 Å². The van der Waals surface area contributed by atoms with E-state index in [9.17, 15) is 14.4 Å². The van der Waals surface area contributed by atoms with E-state index in [0.717, 1.165) is 29.7 Å². The van der Waals surface area contributed by atoms with Gasteiger partial charge in [-0.25, -0.2) is 0 Å². The molecule has 0 aliphatic rings. The van der Waals surface area contributed by atoms with Crippen molar-refractivity contribution in [3.63, 3.8) is 0 Å². The third kappa shape index (κ3) is 7.78. The van der Waals surface area contributed by atoms with Gasteiger partial charge >= 0.3 is 11.9 Å². The summed E-state index contributed by atoms with van der Waals surface area (Å²) in [6.07, 6.45) is 1.80. The summed E-state index contributed by atoms with van der Waals surface area (Å²) in [5.41, 5.74) is 2.58. The van der Waals surface area contributed by atoms with Gasteiger partial charge in [-0.2, -0.15) is 0 Å². The van der Waals surface area contributed by atoms with Crippen LogP contribution in [0.4, 0.5) is 0 Å². The third-order valence-corrected chi connectivity index (χ3v) is 4.29. The standard InChI is InChI=1S/C23H26O6/c1-17(24)28-15-3-4-16-29-21-11-9-19(10-12-21)18-5-7-20(8-6-18)22(25)13-14-23(26)27-2/h5-12H,3-4,13-16H2,1-2H3. The summed E-state index contributed by atoms with van der Waals surface area (Å²) in [4.78, 5) is 33.9. The lowest BCUT2D eigenvalue weighted by atomic mass is 10.0. The maximum Gasteiger partial charge on any atom is 0.305 e. The molecule has 0 aliphatic heterocycles. The zero-order chi connectivity index (χ0) is 21.1. The highest BCUT2D eigenvalue weighted by molar-refractivity contribution is 5.97. The van der Waals surface area contributed by atoms with Crippen LogP contribution >= 0.6 is 0 Å². The Morgan fingerprint density at radius 3 is 1.97 bits per heavy atom. The van der Waals surface area contributed by atoms with Crippen molar-refractivity contribution in [1.82, 2.24) is 0 Å². The molecule has 2 aromatic rings. The summed E-state index contributed by atoms with van der Waals surface area (Å²) < 4.78 is 15.1. The lowest BCUT2D eigenvalue weighted by Gasteiger charge is -2.08. The number of methoxy groups -OCH3 is 1. The number of esters is 2. The summed E-state index contributed by atoms with van der Waals surface area (Å²) in [5, 5.41) is 0. The van der Waals surface area contributed by atoms with Crippen molar-refractivity contribution >= 4 is 17.7 Å². The summed E-state index contributed by atoms with van der Waals surface area (Å²) in [7, 11) is 1.31. The summed E-state index contributed by atoms with van der Waals surface area (Å²) in [6, 6.07) is 15.0. The number of Topliss-reactive ketones (excluding diaryl/α,β-unsaturated/α-hetero) is 1. The van der Waals surface area contributed by atoms with E-state index < -0.39 is 0 Å². The molecule has 6 heteroatoms. The van der Waals surface area contributed by atoms with Gasteiger partial charge in [0.25, 0.3) is 0 Å². The molecular weight excluding hydrogens is 372 g/mol. The summed E-state index contributed by atoms with van der Waals surface area (Å²) >= 11 is 0. The van der Waals surface area contributed by atoms with E-state index in [4.69, 9.17) is 9.47 Å². The number of unbranched alkanes of at least 4 members (excludes halogenated alkanes) is 1. The minimum Gasteiger partial charge on any atom is -0.494 e. The average Bonchev–Trinajstić information content (AvgIpc) is 2.74. The fourth-order valence-electron chi connectivity index (χ4n) is 2.66. The van der Waals surface area contributed by atoms with E-state index in [2.05, 4.69) is 4.74 Å². The first-order valence-corrected chi connectivity index (χ1v) is 9.56. The number of hydrogen-bond acceptors (Lipinski definition) is 6. The maximum atomic E-state index is 12.1. The molecule has 2 aromatic carbocycles. The average molecular weight is 398 g/mol. The van der Waals surface area contributed by atoms with Crippen LogP contribution in [0.15, 0.2) is 48.5 Å². The molecule has 0 aromatic heterocycles. The fourth-order valence-corrected chi connectivity index (χ4v) is 2.66. The second kappa shape index (κ2) is 11.6. The molecule has 0 amide bonds. The molecule has 2 rings (SSSR count).